The molecule has 0 aromatic heterocycles. The van der Waals surface area contributed by atoms with Crippen LogP contribution in [0, 0.1) is 27.9 Å². The average Bonchev–Trinajstić information content (AvgIpc) is 3.05. The molecule has 0 saturated carbocycles. The van der Waals surface area contributed by atoms with Gasteiger partial charge in [-0.1, -0.05) is 30.3 Å². The summed E-state index contributed by atoms with van der Waals surface area (Å²) in [5.74, 6) is -4.91. The van der Waals surface area contributed by atoms with E-state index in [1.54, 1.807) is 0 Å². The molecule has 4 atom stereocenters. The van der Waals surface area contributed by atoms with E-state index in [9.17, 15) is 19.7 Å². The molecule has 1 aliphatic heterocycles. The molecule has 2 rings (SSSR count). The minimum absolute atomic E-state index is 0.00186. The second kappa shape index (κ2) is 10.8. The van der Waals surface area contributed by atoms with Crippen LogP contribution in [-0.2, 0) is 39.9 Å². The van der Waals surface area contributed by atoms with Crippen molar-refractivity contribution in [3.63, 3.8) is 0 Å². The van der Waals surface area contributed by atoms with Crippen LogP contribution >= 0.6 is 0 Å². The Morgan fingerprint density at radius 3 is 2.28 bits per heavy atom. The Bertz CT molecular complexity index is 680. The lowest BCUT2D eigenvalue weighted by atomic mass is 9.79. The van der Waals surface area contributed by atoms with E-state index < -0.39 is 53.6 Å². The van der Waals surface area contributed by atoms with E-state index in [0.717, 1.165) is 19.8 Å². The summed E-state index contributed by atoms with van der Waals surface area (Å²) in [4.78, 5) is 35.3. The van der Waals surface area contributed by atoms with Gasteiger partial charge < -0.3 is 23.7 Å². The van der Waals surface area contributed by atoms with Crippen molar-refractivity contribution in [3.8, 4) is 0 Å². The SMILES string of the molecule is COC(=O)C(C(=O)OC)[C@@H]1[C@@H](C[N+](=O)[O-])[C@H](OC)O[C@@H]1COCc1ccccc1. The zero-order chi connectivity index (χ0) is 21.4. The van der Waals surface area contributed by atoms with Crippen LogP contribution in [0.3, 0.4) is 0 Å². The molecule has 0 aliphatic carbocycles. The maximum absolute atomic E-state index is 12.3. The molecule has 10 nitrogen and oxygen atoms in total. The normalized spacial score (nSPS) is 23.7. The molecular formula is C19H25NO9. The molecular weight excluding hydrogens is 386 g/mol. The first-order chi connectivity index (χ1) is 13.9. The molecule has 10 heteroatoms. The summed E-state index contributed by atoms with van der Waals surface area (Å²) in [6.45, 7) is -0.285. The fraction of sp³-hybridized carbons (Fsp3) is 0.579. The first kappa shape index (κ1) is 22.7. The van der Waals surface area contributed by atoms with Crippen LogP contribution < -0.4 is 0 Å². The Labute approximate surface area is 168 Å². The lowest BCUT2D eigenvalue weighted by Gasteiger charge is -2.26. The third kappa shape index (κ3) is 5.72. The zero-order valence-electron chi connectivity index (χ0n) is 16.5. The van der Waals surface area contributed by atoms with Gasteiger partial charge in [0.05, 0.1) is 39.5 Å². The van der Waals surface area contributed by atoms with Gasteiger partial charge >= 0.3 is 11.9 Å². The van der Waals surface area contributed by atoms with Crippen molar-refractivity contribution in [2.45, 2.75) is 19.0 Å². The Morgan fingerprint density at radius 1 is 1.14 bits per heavy atom. The summed E-state index contributed by atoms with van der Waals surface area (Å²) >= 11 is 0. The van der Waals surface area contributed by atoms with Crippen molar-refractivity contribution in [1.82, 2.24) is 0 Å². The molecule has 1 aromatic carbocycles. The third-order valence-electron chi connectivity index (χ3n) is 4.86. The first-order valence-corrected chi connectivity index (χ1v) is 9.00. The van der Waals surface area contributed by atoms with Crippen molar-refractivity contribution < 1.29 is 38.2 Å². The monoisotopic (exact) mass is 411 g/mol. The Kier molecular flexibility index (Phi) is 8.50. The van der Waals surface area contributed by atoms with Crippen LogP contribution in [0.1, 0.15) is 5.56 Å². The smallest absolute Gasteiger partial charge is 0.320 e. The van der Waals surface area contributed by atoms with Crippen LogP contribution in [0.5, 0.6) is 0 Å². The molecule has 1 fully saturated rings. The fourth-order valence-electron chi connectivity index (χ4n) is 3.58. The second-order valence-corrected chi connectivity index (χ2v) is 6.56. The zero-order valence-corrected chi connectivity index (χ0v) is 16.5. The number of hydrogen-bond acceptors (Lipinski definition) is 9. The van der Waals surface area contributed by atoms with Gasteiger partial charge in [0.1, 0.15) is 0 Å². The lowest BCUT2D eigenvalue weighted by molar-refractivity contribution is -0.493. The molecule has 0 amide bonds. The van der Waals surface area contributed by atoms with Gasteiger partial charge in [0.2, 0.25) is 6.54 Å². The number of ether oxygens (including phenoxy) is 5. The Morgan fingerprint density at radius 2 is 1.76 bits per heavy atom. The van der Waals surface area contributed by atoms with Crippen LogP contribution in [0.15, 0.2) is 30.3 Å². The fourth-order valence-corrected chi connectivity index (χ4v) is 3.58. The summed E-state index contributed by atoms with van der Waals surface area (Å²) in [5.41, 5.74) is 0.921. The molecule has 29 heavy (non-hydrogen) atoms. The predicted octanol–water partition coefficient (Wildman–Crippen LogP) is 1.05. The largest absolute Gasteiger partial charge is 0.468 e. The number of rotatable bonds is 10. The van der Waals surface area contributed by atoms with Gasteiger partial charge in [-0.3, -0.25) is 19.7 Å². The highest BCUT2D eigenvalue weighted by Crippen LogP contribution is 2.40. The van der Waals surface area contributed by atoms with Crippen molar-refractivity contribution in [2.75, 3.05) is 34.5 Å². The van der Waals surface area contributed by atoms with Crippen molar-refractivity contribution >= 4 is 11.9 Å². The first-order valence-electron chi connectivity index (χ1n) is 9.00. The van der Waals surface area contributed by atoms with Crippen LogP contribution in [0.2, 0.25) is 0 Å². The number of methoxy groups -OCH3 is 3. The highest BCUT2D eigenvalue weighted by molar-refractivity contribution is 5.95. The number of carbonyl (C=O) groups is 2. The van der Waals surface area contributed by atoms with Crippen molar-refractivity contribution in [3.05, 3.63) is 46.0 Å². The number of carbonyl (C=O) groups excluding carboxylic acids is 2. The number of hydrogen-bond donors (Lipinski definition) is 0. The number of esters is 2. The van der Waals surface area contributed by atoms with E-state index in [2.05, 4.69) is 0 Å². The summed E-state index contributed by atoms with van der Waals surface area (Å²) < 4.78 is 26.2. The quantitative estimate of drug-likeness (QED) is 0.240. The number of benzene rings is 1. The molecule has 0 N–H and O–H groups in total. The number of nitro groups is 1. The van der Waals surface area contributed by atoms with Gasteiger partial charge in [0.25, 0.3) is 0 Å². The Hall–Kier alpha value is -2.56. The molecule has 1 aromatic rings. The van der Waals surface area contributed by atoms with Crippen LogP contribution in [0.4, 0.5) is 0 Å². The molecule has 0 unspecified atom stereocenters. The van der Waals surface area contributed by atoms with E-state index in [4.69, 9.17) is 23.7 Å². The van der Waals surface area contributed by atoms with Crippen molar-refractivity contribution in [2.24, 2.45) is 17.8 Å². The van der Waals surface area contributed by atoms with Gasteiger partial charge in [0.15, 0.2) is 12.2 Å². The number of nitrogens with zero attached hydrogens (tertiary/aromatic N) is 1. The van der Waals surface area contributed by atoms with E-state index in [0.29, 0.717) is 0 Å². The summed E-state index contributed by atoms with van der Waals surface area (Å²) in [7, 11) is 3.60. The Balaban J connectivity index is 2.26. The minimum Gasteiger partial charge on any atom is -0.468 e. The molecule has 0 spiro atoms. The topological polar surface area (TPSA) is 123 Å². The van der Waals surface area contributed by atoms with E-state index >= 15 is 0 Å². The minimum atomic E-state index is -1.40. The molecule has 1 aliphatic rings. The lowest BCUT2D eigenvalue weighted by Crippen LogP contribution is -2.43. The predicted molar refractivity (Wildman–Crippen MR) is 98.1 cm³/mol. The highest BCUT2D eigenvalue weighted by atomic mass is 16.7. The second-order valence-electron chi connectivity index (χ2n) is 6.56. The summed E-state index contributed by atoms with van der Waals surface area (Å²) in [6, 6.07) is 9.37. The maximum atomic E-state index is 12.3. The van der Waals surface area contributed by atoms with Gasteiger partial charge in [-0.15, -0.1) is 0 Å². The third-order valence-corrected chi connectivity index (χ3v) is 4.86. The molecule has 0 radical (unpaired) electrons. The van der Waals surface area contributed by atoms with Gasteiger partial charge in [-0.05, 0) is 5.56 Å². The van der Waals surface area contributed by atoms with Crippen molar-refractivity contribution in [1.29, 1.82) is 0 Å². The van der Waals surface area contributed by atoms with Crippen LogP contribution in [-0.4, -0.2) is 63.7 Å². The summed E-state index contributed by atoms with van der Waals surface area (Å²) in [6.07, 6.45) is -1.79. The average molecular weight is 411 g/mol. The molecule has 160 valence electrons. The highest BCUT2D eigenvalue weighted by Gasteiger charge is 2.55. The maximum Gasteiger partial charge on any atom is 0.320 e. The summed E-state index contributed by atoms with van der Waals surface area (Å²) in [5, 5.41) is 11.2. The van der Waals surface area contributed by atoms with Gasteiger partial charge in [-0.25, -0.2) is 0 Å². The standard InChI is InChI=1S/C19H25NO9/c1-25-17(21)16(18(22)26-2)15-13(9-20(23)24)19(27-3)29-14(15)11-28-10-12-7-5-4-6-8-12/h4-8,13-16,19H,9-11H2,1-3H3/t13-,14-,15-,19-/m1/s1. The molecule has 1 saturated heterocycles. The molecule has 1 heterocycles. The van der Waals surface area contributed by atoms with E-state index in [1.165, 1.54) is 7.11 Å². The van der Waals surface area contributed by atoms with Gasteiger partial charge in [-0.2, -0.15) is 0 Å². The molecule has 0 bridgehead atoms. The van der Waals surface area contributed by atoms with Gasteiger partial charge in [0, 0.05) is 18.0 Å². The van der Waals surface area contributed by atoms with Crippen LogP contribution in [0.25, 0.3) is 0 Å². The van der Waals surface area contributed by atoms with E-state index in [-0.39, 0.29) is 13.2 Å². The van der Waals surface area contributed by atoms with E-state index in [1.807, 2.05) is 30.3 Å².